The fourth-order valence-corrected chi connectivity index (χ4v) is 5.11. The molecule has 0 aliphatic rings. The van der Waals surface area contributed by atoms with Crippen LogP contribution < -0.4 is 4.72 Å². The summed E-state index contributed by atoms with van der Waals surface area (Å²) in [6.07, 6.45) is 0.594. The monoisotopic (exact) mass is 413 g/mol. The Morgan fingerprint density at radius 1 is 1.20 bits per heavy atom. The highest BCUT2D eigenvalue weighted by atomic mass is 79.9. The van der Waals surface area contributed by atoms with Crippen molar-refractivity contribution in [3.63, 3.8) is 0 Å². The molecule has 0 bridgehead atoms. The van der Waals surface area contributed by atoms with Gasteiger partial charge in [-0.2, -0.15) is 0 Å². The summed E-state index contributed by atoms with van der Waals surface area (Å²) in [7, 11) is -3.51. The number of hydrogen-bond acceptors (Lipinski definition) is 3. The van der Waals surface area contributed by atoms with Crippen LogP contribution in [0.4, 0.5) is 0 Å². The van der Waals surface area contributed by atoms with E-state index in [1.54, 1.807) is 12.1 Å². The number of halogens is 3. The second kappa shape index (κ2) is 6.77. The van der Waals surface area contributed by atoms with E-state index >= 15 is 0 Å². The Bertz CT molecular complexity index is 679. The van der Waals surface area contributed by atoms with Crippen LogP contribution in [0.15, 0.2) is 38.3 Å². The number of sulfonamides is 1. The highest BCUT2D eigenvalue weighted by Gasteiger charge is 2.18. The normalized spacial score (nSPS) is 11.8. The molecule has 0 unspecified atom stereocenters. The zero-order chi connectivity index (χ0) is 14.8. The quantitative estimate of drug-likeness (QED) is 0.790. The summed E-state index contributed by atoms with van der Waals surface area (Å²) in [6, 6.07) is 8.73. The van der Waals surface area contributed by atoms with Gasteiger partial charge in [-0.05, 0) is 46.1 Å². The van der Waals surface area contributed by atoms with E-state index < -0.39 is 10.0 Å². The summed E-state index contributed by atoms with van der Waals surface area (Å²) >= 11 is 15.9. The zero-order valence-electron chi connectivity index (χ0n) is 10.1. The van der Waals surface area contributed by atoms with Crippen LogP contribution in [0.2, 0.25) is 10.0 Å². The Morgan fingerprint density at radius 3 is 2.40 bits per heavy atom. The van der Waals surface area contributed by atoms with Crippen molar-refractivity contribution in [1.82, 2.24) is 4.72 Å². The van der Waals surface area contributed by atoms with Crippen molar-refractivity contribution in [3.05, 3.63) is 49.7 Å². The standard InChI is InChI=1S/C12H10BrCl2NO2S2/c13-12-10(15)7-11(19-12)20(17,18)16-6-5-8-1-3-9(14)4-2-8/h1-4,7,16H,5-6H2. The SMILES string of the molecule is O=S(=O)(NCCc1ccc(Cl)cc1)c1cc(Cl)c(Br)s1. The molecule has 0 fully saturated rings. The maximum absolute atomic E-state index is 12.0. The van der Waals surface area contributed by atoms with Crippen LogP contribution >= 0.6 is 50.5 Å². The molecule has 1 aromatic carbocycles. The van der Waals surface area contributed by atoms with Crippen molar-refractivity contribution < 1.29 is 8.42 Å². The van der Waals surface area contributed by atoms with Crippen LogP contribution in [-0.4, -0.2) is 15.0 Å². The predicted octanol–water partition coefficient (Wildman–Crippen LogP) is 4.34. The van der Waals surface area contributed by atoms with Gasteiger partial charge in [-0.1, -0.05) is 35.3 Å². The minimum absolute atomic E-state index is 0.200. The van der Waals surface area contributed by atoms with Crippen molar-refractivity contribution in [2.45, 2.75) is 10.6 Å². The van der Waals surface area contributed by atoms with E-state index in [2.05, 4.69) is 20.7 Å². The molecule has 0 saturated carbocycles. The number of benzene rings is 1. The summed E-state index contributed by atoms with van der Waals surface area (Å²) in [6.45, 7) is 0.317. The van der Waals surface area contributed by atoms with Crippen LogP contribution in [0.1, 0.15) is 5.56 Å². The Hall–Kier alpha value is -0.110. The maximum atomic E-state index is 12.0. The van der Waals surface area contributed by atoms with Gasteiger partial charge in [0.2, 0.25) is 10.0 Å². The number of rotatable bonds is 5. The Labute approximate surface area is 140 Å². The van der Waals surface area contributed by atoms with E-state index in [9.17, 15) is 8.42 Å². The summed E-state index contributed by atoms with van der Waals surface area (Å²) in [5.41, 5.74) is 1.02. The fraction of sp³-hybridized carbons (Fsp3) is 0.167. The first-order chi connectivity index (χ1) is 9.38. The van der Waals surface area contributed by atoms with Crippen molar-refractivity contribution in [3.8, 4) is 0 Å². The van der Waals surface area contributed by atoms with Crippen molar-refractivity contribution in [2.24, 2.45) is 0 Å². The van der Waals surface area contributed by atoms with Gasteiger partial charge in [0, 0.05) is 11.6 Å². The lowest BCUT2D eigenvalue weighted by Crippen LogP contribution is -2.25. The lowest BCUT2D eigenvalue weighted by molar-refractivity contribution is 0.584. The number of thiophene rings is 1. The molecule has 1 aromatic heterocycles. The summed E-state index contributed by atoms with van der Waals surface area (Å²) in [5.74, 6) is 0. The molecule has 1 heterocycles. The minimum Gasteiger partial charge on any atom is -0.210 e. The van der Waals surface area contributed by atoms with Gasteiger partial charge in [-0.15, -0.1) is 11.3 Å². The molecule has 1 N–H and O–H groups in total. The third-order valence-corrected chi connectivity index (χ3v) is 7.17. The molecule has 0 radical (unpaired) electrons. The van der Waals surface area contributed by atoms with Gasteiger partial charge in [0.15, 0.2) is 0 Å². The fourth-order valence-electron chi connectivity index (χ4n) is 1.51. The highest BCUT2D eigenvalue weighted by Crippen LogP contribution is 2.34. The smallest absolute Gasteiger partial charge is 0.210 e. The van der Waals surface area contributed by atoms with Gasteiger partial charge in [0.05, 0.1) is 8.81 Å². The molecule has 0 aliphatic carbocycles. The van der Waals surface area contributed by atoms with Crippen molar-refractivity contribution >= 4 is 60.5 Å². The first-order valence-electron chi connectivity index (χ1n) is 5.57. The molecule has 2 aromatic rings. The highest BCUT2D eigenvalue weighted by molar-refractivity contribution is 9.11. The van der Waals surface area contributed by atoms with Gasteiger partial charge in [-0.25, -0.2) is 13.1 Å². The molecule has 20 heavy (non-hydrogen) atoms. The van der Waals surface area contributed by atoms with E-state index in [4.69, 9.17) is 23.2 Å². The van der Waals surface area contributed by atoms with E-state index in [-0.39, 0.29) is 4.21 Å². The first kappa shape index (κ1) is 16.3. The topological polar surface area (TPSA) is 46.2 Å². The van der Waals surface area contributed by atoms with Crippen LogP contribution in [0.5, 0.6) is 0 Å². The third kappa shape index (κ3) is 4.19. The molecule has 108 valence electrons. The molecule has 3 nitrogen and oxygen atoms in total. The van der Waals surface area contributed by atoms with Crippen molar-refractivity contribution in [1.29, 1.82) is 0 Å². The molecule has 0 atom stereocenters. The second-order valence-electron chi connectivity index (χ2n) is 3.96. The van der Waals surface area contributed by atoms with Crippen LogP contribution in [0.3, 0.4) is 0 Å². The minimum atomic E-state index is -3.51. The van der Waals surface area contributed by atoms with Crippen molar-refractivity contribution in [2.75, 3.05) is 6.54 Å². The molecular formula is C12H10BrCl2NO2S2. The Kier molecular flexibility index (Phi) is 5.50. The van der Waals surface area contributed by atoms with E-state index in [0.29, 0.717) is 26.8 Å². The summed E-state index contributed by atoms with van der Waals surface area (Å²) in [5, 5.41) is 1.06. The molecule has 0 amide bonds. The van der Waals surface area contributed by atoms with Gasteiger partial charge >= 0.3 is 0 Å². The molecule has 0 aliphatic heterocycles. The molecule has 0 spiro atoms. The van der Waals surface area contributed by atoms with Gasteiger partial charge in [-0.3, -0.25) is 0 Å². The maximum Gasteiger partial charge on any atom is 0.250 e. The van der Waals surface area contributed by atoms with E-state index in [1.807, 2.05) is 12.1 Å². The molecule has 8 heteroatoms. The van der Waals surface area contributed by atoms with Gasteiger partial charge in [0.25, 0.3) is 0 Å². The largest absolute Gasteiger partial charge is 0.250 e. The van der Waals surface area contributed by atoms with Crippen LogP contribution in [-0.2, 0) is 16.4 Å². The molecule has 0 saturated heterocycles. The third-order valence-electron chi connectivity index (χ3n) is 2.51. The summed E-state index contributed by atoms with van der Waals surface area (Å²) in [4.78, 5) is 0. The van der Waals surface area contributed by atoms with Crippen LogP contribution in [0, 0.1) is 0 Å². The van der Waals surface area contributed by atoms with Crippen LogP contribution in [0.25, 0.3) is 0 Å². The zero-order valence-corrected chi connectivity index (χ0v) is 14.8. The predicted molar refractivity (Wildman–Crippen MR) is 87.4 cm³/mol. The lowest BCUT2D eigenvalue weighted by atomic mass is 10.2. The lowest BCUT2D eigenvalue weighted by Gasteiger charge is -2.05. The summed E-state index contributed by atoms with van der Waals surface area (Å²) < 4.78 is 27.4. The van der Waals surface area contributed by atoms with E-state index in [0.717, 1.165) is 16.9 Å². The second-order valence-corrected chi connectivity index (χ2v) is 9.17. The average molecular weight is 415 g/mol. The first-order valence-corrected chi connectivity index (χ1v) is 9.42. The van der Waals surface area contributed by atoms with E-state index in [1.165, 1.54) is 6.07 Å². The number of nitrogens with one attached hydrogen (secondary N) is 1. The Balaban J connectivity index is 1.97. The average Bonchev–Trinajstić information content (AvgIpc) is 2.73. The number of hydrogen-bond donors (Lipinski definition) is 1. The Morgan fingerprint density at radius 2 is 1.85 bits per heavy atom. The molecule has 2 rings (SSSR count). The molecular weight excluding hydrogens is 405 g/mol. The van der Waals surface area contributed by atoms with Gasteiger partial charge in [0.1, 0.15) is 4.21 Å². The van der Waals surface area contributed by atoms with Gasteiger partial charge < -0.3 is 0 Å².